The number of H-pyrrole nitrogens is 1. The maximum Gasteiger partial charge on any atom is 0.331 e. The molecule has 1 aliphatic rings. The first kappa shape index (κ1) is 15.5. The monoisotopic (exact) mass is 318 g/mol. The molecule has 1 heterocycles. The Balaban J connectivity index is 1.76. The van der Waals surface area contributed by atoms with E-state index in [0.29, 0.717) is 5.52 Å². The second kappa shape index (κ2) is 5.68. The molecule has 1 saturated carbocycles. The van der Waals surface area contributed by atoms with Crippen LogP contribution in [0.15, 0.2) is 24.4 Å². The molecule has 1 aliphatic carbocycles. The fourth-order valence-corrected chi connectivity index (χ4v) is 3.00. The Hall–Kier alpha value is -2.37. The molecular formula is C17H19FN2O3. The number of carbonyl (C=O) groups excluding carboxylic acids is 2. The first-order chi connectivity index (χ1) is 10.9. The number of nitrogens with one attached hydrogen (secondary N) is 2. The quantitative estimate of drug-likeness (QED) is 0.831. The van der Waals surface area contributed by atoms with Gasteiger partial charge in [0.25, 0.3) is 0 Å². The van der Waals surface area contributed by atoms with Crippen molar-refractivity contribution in [3.63, 3.8) is 0 Å². The van der Waals surface area contributed by atoms with E-state index >= 15 is 0 Å². The van der Waals surface area contributed by atoms with Gasteiger partial charge in [0.05, 0.1) is 13.5 Å². The number of methoxy groups -OCH3 is 1. The Morgan fingerprint density at radius 2 is 2.17 bits per heavy atom. The summed E-state index contributed by atoms with van der Waals surface area (Å²) in [5.41, 5.74) is 0.426. The van der Waals surface area contributed by atoms with Crippen molar-refractivity contribution in [2.24, 2.45) is 5.92 Å². The summed E-state index contributed by atoms with van der Waals surface area (Å²) in [5, 5.41) is 3.62. The van der Waals surface area contributed by atoms with Crippen molar-refractivity contribution in [1.82, 2.24) is 10.3 Å². The van der Waals surface area contributed by atoms with Gasteiger partial charge < -0.3 is 15.0 Å². The number of ether oxygens (including phenoxy) is 1. The second-order valence-corrected chi connectivity index (χ2v) is 6.20. The summed E-state index contributed by atoms with van der Waals surface area (Å²) < 4.78 is 18.0. The first-order valence-electron chi connectivity index (χ1n) is 7.59. The smallest absolute Gasteiger partial charge is 0.331 e. The summed E-state index contributed by atoms with van der Waals surface area (Å²) in [4.78, 5) is 27.4. The van der Waals surface area contributed by atoms with E-state index in [9.17, 15) is 14.0 Å². The van der Waals surface area contributed by atoms with E-state index < -0.39 is 11.5 Å². The first-order valence-corrected chi connectivity index (χ1v) is 7.59. The lowest BCUT2D eigenvalue weighted by atomic mass is 9.95. The number of hydrogen-bond donors (Lipinski definition) is 2. The molecule has 1 amide bonds. The van der Waals surface area contributed by atoms with Crippen molar-refractivity contribution >= 4 is 22.8 Å². The summed E-state index contributed by atoms with van der Waals surface area (Å²) in [6.45, 7) is 1.71. The highest BCUT2D eigenvalue weighted by Gasteiger charge is 2.49. The summed E-state index contributed by atoms with van der Waals surface area (Å²) in [6, 6.07) is 4.39. The third-order valence-electron chi connectivity index (χ3n) is 4.48. The zero-order valence-electron chi connectivity index (χ0n) is 13.1. The van der Waals surface area contributed by atoms with Gasteiger partial charge in [0, 0.05) is 17.1 Å². The average molecular weight is 318 g/mol. The minimum absolute atomic E-state index is 0.116. The van der Waals surface area contributed by atoms with Crippen molar-refractivity contribution in [2.75, 3.05) is 7.11 Å². The van der Waals surface area contributed by atoms with Gasteiger partial charge >= 0.3 is 5.97 Å². The van der Waals surface area contributed by atoms with Crippen molar-refractivity contribution in [3.05, 3.63) is 35.8 Å². The van der Waals surface area contributed by atoms with Crippen molar-refractivity contribution < 1.29 is 18.7 Å². The van der Waals surface area contributed by atoms with Crippen LogP contribution >= 0.6 is 0 Å². The Morgan fingerprint density at radius 1 is 1.43 bits per heavy atom. The zero-order chi connectivity index (χ0) is 16.6. The predicted octanol–water partition coefficient (Wildman–Crippen LogP) is 2.31. The molecule has 0 radical (unpaired) electrons. The molecule has 1 aromatic carbocycles. The third kappa shape index (κ3) is 2.93. The van der Waals surface area contributed by atoms with Gasteiger partial charge in [-0.15, -0.1) is 0 Å². The Kier molecular flexibility index (Phi) is 3.83. The lowest BCUT2D eigenvalue weighted by molar-refractivity contribution is -0.151. The van der Waals surface area contributed by atoms with Crippen LogP contribution in [0.25, 0.3) is 10.9 Å². The van der Waals surface area contributed by atoms with Crippen LogP contribution in [0.5, 0.6) is 0 Å². The lowest BCUT2D eigenvalue weighted by Gasteiger charge is -2.27. The van der Waals surface area contributed by atoms with E-state index in [1.807, 2.05) is 0 Å². The molecule has 0 unspecified atom stereocenters. The fourth-order valence-electron chi connectivity index (χ4n) is 3.00. The van der Waals surface area contributed by atoms with Crippen LogP contribution in [0.2, 0.25) is 0 Å². The van der Waals surface area contributed by atoms with Gasteiger partial charge in [-0.25, -0.2) is 9.18 Å². The fraction of sp³-hybridized carbons (Fsp3) is 0.412. The number of aromatic nitrogens is 1. The summed E-state index contributed by atoms with van der Waals surface area (Å²) >= 11 is 0. The maximum absolute atomic E-state index is 13.2. The molecule has 2 aromatic rings. The SMILES string of the molecule is COC(=O)[C@@](C)(NC(=O)Cc1c[nH]c2cc(F)ccc12)C1CC1. The number of halogens is 1. The molecule has 122 valence electrons. The van der Waals surface area contributed by atoms with Crippen LogP contribution in [0.1, 0.15) is 25.3 Å². The molecule has 23 heavy (non-hydrogen) atoms. The third-order valence-corrected chi connectivity index (χ3v) is 4.48. The molecular weight excluding hydrogens is 299 g/mol. The topological polar surface area (TPSA) is 71.2 Å². The summed E-state index contributed by atoms with van der Waals surface area (Å²) in [6.07, 6.45) is 3.61. The largest absolute Gasteiger partial charge is 0.467 e. The van der Waals surface area contributed by atoms with E-state index in [1.165, 1.54) is 19.2 Å². The number of rotatable bonds is 5. The van der Waals surface area contributed by atoms with Crippen LogP contribution in [0.3, 0.4) is 0 Å². The number of carbonyl (C=O) groups is 2. The normalized spacial score (nSPS) is 16.8. The van der Waals surface area contributed by atoms with Crippen molar-refractivity contribution in [3.8, 4) is 0 Å². The number of aromatic amines is 1. The van der Waals surface area contributed by atoms with Gasteiger partial charge in [0.1, 0.15) is 11.4 Å². The van der Waals surface area contributed by atoms with Gasteiger partial charge in [-0.3, -0.25) is 4.79 Å². The molecule has 2 N–H and O–H groups in total. The van der Waals surface area contributed by atoms with Crippen LogP contribution in [-0.2, 0) is 20.7 Å². The number of amides is 1. The summed E-state index contributed by atoms with van der Waals surface area (Å²) in [5.74, 6) is -0.886. The average Bonchev–Trinajstić information content (AvgIpc) is 3.30. The molecule has 1 atom stereocenters. The minimum Gasteiger partial charge on any atom is -0.467 e. The zero-order valence-corrected chi connectivity index (χ0v) is 13.1. The van der Waals surface area contributed by atoms with Crippen molar-refractivity contribution in [2.45, 2.75) is 31.7 Å². The molecule has 1 fully saturated rings. The molecule has 6 heteroatoms. The molecule has 0 spiro atoms. The van der Waals surface area contributed by atoms with Gasteiger partial charge in [-0.05, 0) is 49.4 Å². The van der Waals surface area contributed by atoms with E-state index in [-0.39, 0.29) is 24.1 Å². The highest BCUT2D eigenvalue weighted by molar-refractivity contribution is 5.92. The van der Waals surface area contributed by atoms with Crippen molar-refractivity contribution in [1.29, 1.82) is 0 Å². The molecule has 0 bridgehead atoms. The van der Waals surface area contributed by atoms with Crippen LogP contribution in [0.4, 0.5) is 4.39 Å². The number of esters is 1. The second-order valence-electron chi connectivity index (χ2n) is 6.20. The number of benzene rings is 1. The van der Waals surface area contributed by atoms with E-state index in [0.717, 1.165) is 23.8 Å². The Bertz CT molecular complexity index is 766. The Morgan fingerprint density at radius 3 is 2.83 bits per heavy atom. The van der Waals surface area contributed by atoms with Crippen LogP contribution in [-0.4, -0.2) is 29.5 Å². The van der Waals surface area contributed by atoms with Crippen LogP contribution < -0.4 is 5.32 Å². The molecule has 5 nitrogen and oxygen atoms in total. The van der Waals surface area contributed by atoms with Gasteiger partial charge in [-0.2, -0.15) is 0 Å². The van der Waals surface area contributed by atoms with Gasteiger partial charge in [0.2, 0.25) is 5.91 Å². The van der Waals surface area contributed by atoms with Gasteiger partial charge in [0.15, 0.2) is 0 Å². The molecule has 0 aliphatic heterocycles. The number of fused-ring (bicyclic) bond motifs is 1. The minimum atomic E-state index is -0.982. The molecule has 1 aromatic heterocycles. The predicted molar refractivity (Wildman–Crippen MR) is 83.2 cm³/mol. The highest BCUT2D eigenvalue weighted by Crippen LogP contribution is 2.40. The lowest BCUT2D eigenvalue weighted by Crippen LogP contribution is -2.55. The Labute approximate surface area is 133 Å². The summed E-state index contributed by atoms with van der Waals surface area (Å²) in [7, 11) is 1.32. The van der Waals surface area contributed by atoms with Gasteiger partial charge in [-0.1, -0.05) is 0 Å². The highest BCUT2D eigenvalue weighted by atomic mass is 19.1. The van der Waals surface area contributed by atoms with E-state index in [1.54, 1.807) is 19.2 Å². The maximum atomic E-state index is 13.2. The molecule has 0 saturated heterocycles. The van der Waals surface area contributed by atoms with E-state index in [4.69, 9.17) is 4.74 Å². The standard InChI is InChI=1S/C17H19FN2O3/c1-17(11-3-4-11,16(22)23-2)20-15(21)7-10-9-19-14-8-12(18)5-6-13(10)14/h5-6,8-9,11,19H,3-4,7H2,1-2H3,(H,20,21)/t17-/m0/s1. The van der Waals surface area contributed by atoms with E-state index in [2.05, 4.69) is 10.3 Å². The number of hydrogen-bond acceptors (Lipinski definition) is 3. The molecule has 3 rings (SSSR count). The van der Waals surface area contributed by atoms with Crippen LogP contribution in [0, 0.1) is 11.7 Å².